The summed E-state index contributed by atoms with van der Waals surface area (Å²) in [6, 6.07) is 0. The SMILES string of the molecule is CC1CCC(C2(O)CCCOC2)CC1. The van der Waals surface area contributed by atoms with Gasteiger partial charge in [-0.05, 0) is 37.5 Å². The summed E-state index contributed by atoms with van der Waals surface area (Å²) >= 11 is 0. The van der Waals surface area contributed by atoms with Gasteiger partial charge in [0.2, 0.25) is 0 Å². The number of aliphatic hydroxyl groups is 1. The van der Waals surface area contributed by atoms with Gasteiger partial charge in [0.25, 0.3) is 0 Å². The second-order valence-electron chi connectivity index (χ2n) is 5.22. The van der Waals surface area contributed by atoms with Crippen molar-refractivity contribution in [1.82, 2.24) is 0 Å². The predicted octanol–water partition coefficient (Wildman–Crippen LogP) is 2.35. The Morgan fingerprint density at radius 3 is 2.50 bits per heavy atom. The zero-order valence-electron chi connectivity index (χ0n) is 9.17. The highest BCUT2D eigenvalue weighted by molar-refractivity contribution is 4.90. The maximum atomic E-state index is 10.5. The average Bonchev–Trinajstić information content (AvgIpc) is 2.19. The van der Waals surface area contributed by atoms with Crippen molar-refractivity contribution in [2.75, 3.05) is 13.2 Å². The van der Waals surface area contributed by atoms with E-state index < -0.39 is 5.60 Å². The molecule has 1 heterocycles. The van der Waals surface area contributed by atoms with E-state index in [1.54, 1.807) is 0 Å². The molecule has 1 saturated carbocycles. The Kier molecular flexibility index (Phi) is 3.13. The smallest absolute Gasteiger partial charge is 0.0908 e. The quantitative estimate of drug-likeness (QED) is 0.701. The number of hydrogen-bond donors (Lipinski definition) is 1. The third kappa shape index (κ3) is 2.12. The molecular weight excluding hydrogens is 176 g/mol. The van der Waals surface area contributed by atoms with Gasteiger partial charge in [-0.2, -0.15) is 0 Å². The second kappa shape index (κ2) is 4.19. The Hall–Kier alpha value is -0.0800. The van der Waals surface area contributed by atoms with Crippen LogP contribution >= 0.6 is 0 Å². The van der Waals surface area contributed by atoms with E-state index in [2.05, 4.69) is 6.92 Å². The van der Waals surface area contributed by atoms with Crippen LogP contribution in [0.3, 0.4) is 0 Å². The predicted molar refractivity (Wildman–Crippen MR) is 56.1 cm³/mol. The van der Waals surface area contributed by atoms with Crippen LogP contribution in [0.4, 0.5) is 0 Å². The molecule has 1 aliphatic carbocycles. The first-order valence-electron chi connectivity index (χ1n) is 6.01. The van der Waals surface area contributed by atoms with E-state index in [-0.39, 0.29) is 0 Å². The zero-order chi connectivity index (χ0) is 10.0. The highest BCUT2D eigenvalue weighted by Gasteiger charge is 2.39. The second-order valence-corrected chi connectivity index (χ2v) is 5.22. The van der Waals surface area contributed by atoms with Crippen LogP contribution in [-0.2, 0) is 4.74 Å². The molecule has 0 aromatic rings. The zero-order valence-corrected chi connectivity index (χ0v) is 9.17. The van der Waals surface area contributed by atoms with Gasteiger partial charge in [0.05, 0.1) is 12.2 Å². The first kappa shape index (κ1) is 10.4. The highest BCUT2D eigenvalue weighted by atomic mass is 16.5. The fourth-order valence-electron chi connectivity index (χ4n) is 2.92. The fraction of sp³-hybridized carbons (Fsp3) is 1.00. The Bertz CT molecular complexity index is 177. The van der Waals surface area contributed by atoms with Crippen molar-refractivity contribution < 1.29 is 9.84 Å². The van der Waals surface area contributed by atoms with Crippen molar-refractivity contribution >= 4 is 0 Å². The lowest BCUT2D eigenvalue weighted by molar-refractivity contribution is -0.128. The minimum atomic E-state index is -0.488. The van der Waals surface area contributed by atoms with Crippen LogP contribution in [-0.4, -0.2) is 23.9 Å². The van der Waals surface area contributed by atoms with Crippen LogP contribution in [0.5, 0.6) is 0 Å². The molecule has 14 heavy (non-hydrogen) atoms. The summed E-state index contributed by atoms with van der Waals surface area (Å²) in [5, 5.41) is 10.5. The van der Waals surface area contributed by atoms with E-state index in [0.717, 1.165) is 25.4 Å². The van der Waals surface area contributed by atoms with Crippen LogP contribution < -0.4 is 0 Å². The van der Waals surface area contributed by atoms with Crippen LogP contribution in [0.1, 0.15) is 45.4 Å². The molecule has 2 heteroatoms. The Labute approximate surface area is 86.6 Å². The van der Waals surface area contributed by atoms with Gasteiger partial charge in [0.15, 0.2) is 0 Å². The summed E-state index contributed by atoms with van der Waals surface area (Å²) in [5.41, 5.74) is -0.488. The van der Waals surface area contributed by atoms with Crippen molar-refractivity contribution in [3.05, 3.63) is 0 Å². The molecule has 2 nitrogen and oxygen atoms in total. The molecule has 2 aliphatic rings. The monoisotopic (exact) mass is 198 g/mol. The van der Waals surface area contributed by atoms with Crippen LogP contribution in [0.25, 0.3) is 0 Å². The average molecular weight is 198 g/mol. The van der Waals surface area contributed by atoms with E-state index in [9.17, 15) is 5.11 Å². The lowest BCUT2D eigenvalue weighted by Gasteiger charge is -2.41. The summed E-state index contributed by atoms with van der Waals surface area (Å²) in [5.74, 6) is 1.36. The number of ether oxygens (including phenoxy) is 1. The van der Waals surface area contributed by atoms with Crippen molar-refractivity contribution in [2.24, 2.45) is 11.8 Å². The highest BCUT2D eigenvalue weighted by Crippen LogP contribution is 2.39. The standard InChI is InChI=1S/C12H22O2/c1-10-3-5-11(6-4-10)12(13)7-2-8-14-9-12/h10-11,13H,2-9H2,1H3. The van der Waals surface area contributed by atoms with E-state index in [1.807, 2.05) is 0 Å². The van der Waals surface area contributed by atoms with Gasteiger partial charge in [0, 0.05) is 6.61 Å². The third-order valence-corrected chi connectivity index (χ3v) is 4.03. The first-order valence-corrected chi connectivity index (χ1v) is 6.01. The van der Waals surface area contributed by atoms with Gasteiger partial charge in [-0.15, -0.1) is 0 Å². The first-order chi connectivity index (χ1) is 6.71. The molecule has 2 rings (SSSR count). The minimum absolute atomic E-state index is 0.488. The molecular formula is C12H22O2. The van der Waals surface area contributed by atoms with E-state index >= 15 is 0 Å². The van der Waals surface area contributed by atoms with Gasteiger partial charge in [0.1, 0.15) is 0 Å². The normalized spacial score (nSPS) is 45.0. The van der Waals surface area contributed by atoms with Crippen molar-refractivity contribution in [2.45, 2.75) is 51.0 Å². The van der Waals surface area contributed by atoms with Gasteiger partial charge >= 0.3 is 0 Å². The van der Waals surface area contributed by atoms with Crippen molar-refractivity contribution in [1.29, 1.82) is 0 Å². The molecule has 82 valence electrons. The summed E-state index contributed by atoms with van der Waals surface area (Å²) in [4.78, 5) is 0. The summed E-state index contributed by atoms with van der Waals surface area (Å²) in [6.07, 6.45) is 6.94. The Morgan fingerprint density at radius 1 is 1.21 bits per heavy atom. The Morgan fingerprint density at radius 2 is 1.93 bits per heavy atom. The van der Waals surface area contributed by atoms with Crippen molar-refractivity contribution in [3.63, 3.8) is 0 Å². The van der Waals surface area contributed by atoms with Gasteiger partial charge < -0.3 is 9.84 Å². The molecule has 0 spiro atoms. The largest absolute Gasteiger partial charge is 0.387 e. The minimum Gasteiger partial charge on any atom is -0.387 e. The van der Waals surface area contributed by atoms with Gasteiger partial charge in [-0.3, -0.25) is 0 Å². The molecule has 0 aromatic heterocycles. The lowest BCUT2D eigenvalue weighted by Crippen LogP contribution is -2.46. The molecule has 1 N–H and O–H groups in total. The van der Waals surface area contributed by atoms with E-state index in [1.165, 1.54) is 25.7 Å². The molecule has 1 atom stereocenters. The molecule has 0 amide bonds. The number of rotatable bonds is 1. The molecule has 1 aliphatic heterocycles. The third-order valence-electron chi connectivity index (χ3n) is 4.03. The lowest BCUT2D eigenvalue weighted by atomic mass is 9.72. The number of hydrogen-bond acceptors (Lipinski definition) is 2. The van der Waals surface area contributed by atoms with Crippen LogP contribution in [0.15, 0.2) is 0 Å². The molecule has 2 fully saturated rings. The van der Waals surface area contributed by atoms with Crippen LogP contribution in [0.2, 0.25) is 0 Å². The van der Waals surface area contributed by atoms with Crippen LogP contribution in [0, 0.1) is 11.8 Å². The fourth-order valence-corrected chi connectivity index (χ4v) is 2.92. The van der Waals surface area contributed by atoms with Gasteiger partial charge in [-0.25, -0.2) is 0 Å². The summed E-state index contributed by atoms with van der Waals surface area (Å²) < 4.78 is 5.42. The molecule has 0 radical (unpaired) electrons. The Balaban J connectivity index is 1.92. The van der Waals surface area contributed by atoms with E-state index in [0.29, 0.717) is 12.5 Å². The molecule has 1 saturated heterocycles. The summed E-state index contributed by atoms with van der Waals surface area (Å²) in [7, 11) is 0. The molecule has 1 unspecified atom stereocenters. The van der Waals surface area contributed by atoms with E-state index in [4.69, 9.17) is 4.74 Å². The maximum Gasteiger partial charge on any atom is 0.0908 e. The van der Waals surface area contributed by atoms with Crippen molar-refractivity contribution in [3.8, 4) is 0 Å². The molecule has 0 bridgehead atoms. The maximum absolute atomic E-state index is 10.5. The topological polar surface area (TPSA) is 29.5 Å². The summed E-state index contributed by atoms with van der Waals surface area (Å²) in [6.45, 7) is 3.73. The molecule has 0 aromatic carbocycles. The van der Waals surface area contributed by atoms with Gasteiger partial charge in [-0.1, -0.05) is 19.8 Å².